The molecule has 0 bridgehead atoms. The summed E-state index contributed by atoms with van der Waals surface area (Å²) in [7, 11) is 3.29. The number of nitrogens with two attached hydrogens (primary N) is 1. The highest BCUT2D eigenvalue weighted by Crippen LogP contribution is 2.22. The molecule has 0 aliphatic rings. The molecule has 2 N–H and O–H groups in total. The zero-order chi connectivity index (χ0) is 14.4. The quantitative estimate of drug-likeness (QED) is 0.781. The Kier molecular flexibility index (Phi) is 5.09. The fraction of sp³-hybridized carbons (Fsp3) is 0.429. The molecule has 1 aromatic carbocycles. The minimum absolute atomic E-state index is 0.260. The molecule has 0 saturated heterocycles. The summed E-state index contributed by atoms with van der Waals surface area (Å²) in [5.74, 6) is 1.77. The van der Waals surface area contributed by atoms with Gasteiger partial charge in [-0.2, -0.15) is 4.98 Å². The Morgan fingerprint density at radius 2 is 2.00 bits per heavy atom. The first-order valence-electron chi connectivity index (χ1n) is 6.47. The van der Waals surface area contributed by atoms with Gasteiger partial charge in [0.1, 0.15) is 5.75 Å². The third kappa shape index (κ3) is 3.55. The summed E-state index contributed by atoms with van der Waals surface area (Å²) in [6.45, 7) is 0.674. The smallest absolute Gasteiger partial charge is 0.243 e. The van der Waals surface area contributed by atoms with E-state index in [1.54, 1.807) is 14.2 Å². The van der Waals surface area contributed by atoms with Gasteiger partial charge < -0.3 is 19.7 Å². The summed E-state index contributed by atoms with van der Waals surface area (Å²) in [5, 5.41) is 3.95. The maximum atomic E-state index is 6.00. The molecular weight excluding hydrogens is 258 g/mol. The maximum absolute atomic E-state index is 6.00. The molecule has 0 aliphatic heterocycles. The number of aromatic nitrogens is 2. The summed E-state index contributed by atoms with van der Waals surface area (Å²) in [6, 6.07) is 7.20. The van der Waals surface area contributed by atoms with Gasteiger partial charge in [0, 0.05) is 19.3 Å². The van der Waals surface area contributed by atoms with E-state index in [-0.39, 0.29) is 6.04 Å². The highest BCUT2D eigenvalue weighted by atomic mass is 16.5. The molecule has 2 rings (SSSR count). The van der Waals surface area contributed by atoms with E-state index < -0.39 is 0 Å². The Balaban J connectivity index is 2.03. The third-order valence-electron chi connectivity index (χ3n) is 2.97. The second kappa shape index (κ2) is 7.02. The van der Waals surface area contributed by atoms with E-state index in [0.29, 0.717) is 18.3 Å². The van der Waals surface area contributed by atoms with Gasteiger partial charge in [0.2, 0.25) is 11.7 Å². The van der Waals surface area contributed by atoms with Crippen molar-refractivity contribution in [2.45, 2.75) is 18.9 Å². The lowest BCUT2D eigenvalue weighted by molar-refractivity contribution is 0.188. The standard InChI is InChI=1S/C14H19N3O3/c1-18-9-3-4-12(15)14-16-13(17-20-14)10-5-7-11(19-2)8-6-10/h5-8,12H,3-4,9,15H2,1-2H3. The van der Waals surface area contributed by atoms with Gasteiger partial charge in [-0.1, -0.05) is 5.16 Å². The topological polar surface area (TPSA) is 83.4 Å². The molecule has 1 unspecified atom stereocenters. The number of rotatable bonds is 7. The number of hydrogen-bond acceptors (Lipinski definition) is 6. The highest BCUT2D eigenvalue weighted by molar-refractivity contribution is 5.55. The van der Waals surface area contributed by atoms with Crippen molar-refractivity contribution in [3.63, 3.8) is 0 Å². The number of hydrogen-bond donors (Lipinski definition) is 1. The van der Waals surface area contributed by atoms with Crippen LogP contribution in [0, 0.1) is 0 Å². The van der Waals surface area contributed by atoms with Crippen LogP contribution in [0.15, 0.2) is 28.8 Å². The molecule has 1 atom stereocenters. The van der Waals surface area contributed by atoms with Gasteiger partial charge in [0.15, 0.2) is 0 Å². The first-order valence-corrected chi connectivity index (χ1v) is 6.47. The van der Waals surface area contributed by atoms with Gasteiger partial charge in [0.05, 0.1) is 13.2 Å². The molecule has 20 heavy (non-hydrogen) atoms. The predicted molar refractivity (Wildman–Crippen MR) is 74.3 cm³/mol. The summed E-state index contributed by atoms with van der Waals surface area (Å²) in [5.41, 5.74) is 6.87. The van der Waals surface area contributed by atoms with Gasteiger partial charge in [-0.25, -0.2) is 0 Å². The number of benzene rings is 1. The lowest BCUT2D eigenvalue weighted by Crippen LogP contribution is -2.11. The molecule has 2 aromatic rings. The number of nitrogens with zero attached hydrogens (tertiary/aromatic N) is 2. The molecule has 0 aliphatic carbocycles. The SMILES string of the molecule is COCCCC(N)c1nc(-c2ccc(OC)cc2)no1. The lowest BCUT2D eigenvalue weighted by Gasteiger charge is -2.05. The van der Waals surface area contributed by atoms with E-state index in [1.807, 2.05) is 24.3 Å². The molecule has 1 heterocycles. The second-order valence-electron chi connectivity index (χ2n) is 4.43. The van der Waals surface area contributed by atoms with Gasteiger partial charge in [-0.3, -0.25) is 0 Å². The first-order chi connectivity index (χ1) is 9.74. The molecule has 6 nitrogen and oxygen atoms in total. The van der Waals surface area contributed by atoms with Crippen molar-refractivity contribution in [2.24, 2.45) is 5.73 Å². The summed E-state index contributed by atoms with van der Waals surface area (Å²) >= 11 is 0. The van der Waals surface area contributed by atoms with Crippen LogP contribution in [0.1, 0.15) is 24.8 Å². The van der Waals surface area contributed by atoms with Crippen LogP contribution >= 0.6 is 0 Å². The lowest BCUT2D eigenvalue weighted by atomic mass is 10.1. The number of methoxy groups -OCH3 is 2. The van der Waals surface area contributed by atoms with Crippen molar-refractivity contribution in [3.05, 3.63) is 30.2 Å². The Morgan fingerprint density at radius 1 is 1.25 bits per heavy atom. The Morgan fingerprint density at radius 3 is 2.65 bits per heavy atom. The van der Waals surface area contributed by atoms with Gasteiger partial charge >= 0.3 is 0 Å². The van der Waals surface area contributed by atoms with Crippen molar-refractivity contribution in [3.8, 4) is 17.1 Å². The Labute approximate surface area is 117 Å². The predicted octanol–water partition coefficient (Wildman–Crippen LogP) is 2.17. The molecule has 6 heteroatoms. The fourth-order valence-corrected chi connectivity index (χ4v) is 1.81. The van der Waals surface area contributed by atoms with Gasteiger partial charge in [0.25, 0.3) is 0 Å². The summed E-state index contributed by atoms with van der Waals surface area (Å²) < 4.78 is 15.3. The average molecular weight is 277 g/mol. The van der Waals surface area contributed by atoms with Gasteiger partial charge in [-0.05, 0) is 37.1 Å². The average Bonchev–Trinajstić information content (AvgIpc) is 2.97. The van der Waals surface area contributed by atoms with Crippen LogP contribution in [0.3, 0.4) is 0 Å². The molecule has 108 valence electrons. The zero-order valence-electron chi connectivity index (χ0n) is 11.7. The van der Waals surface area contributed by atoms with Crippen LogP contribution in [0.25, 0.3) is 11.4 Å². The summed E-state index contributed by atoms with van der Waals surface area (Å²) in [4.78, 5) is 4.33. The van der Waals surface area contributed by atoms with E-state index in [1.165, 1.54) is 0 Å². The second-order valence-corrected chi connectivity index (χ2v) is 4.43. The van der Waals surface area contributed by atoms with Crippen molar-refractivity contribution >= 4 is 0 Å². The fourth-order valence-electron chi connectivity index (χ4n) is 1.81. The molecule has 0 amide bonds. The highest BCUT2D eigenvalue weighted by Gasteiger charge is 2.15. The van der Waals surface area contributed by atoms with E-state index >= 15 is 0 Å². The van der Waals surface area contributed by atoms with Crippen molar-refractivity contribution in [2.75, 3.05) is 20.8 Å². The van der Waals surface area contributed by atoms with Gasteiger partial charge in [-0.15, -0.1) is 0 Å². The van der Waals surface area contributed by atoms with E-state index in [4.69, 9.17) is 19.7 Å². The van der Waals surface area contributed by atoms with Crippen LogP contribution in [-0.2, 0) is 4.74 Å². The van der Waals surface area contributed by atoms with Crippen molar-refractivity contribution in [1.29, 1.82) is 0 Å². The number of ether oxygens (including phenoxy) is 2. The van der Waals surface area contributed by atoms with Crippen LogP contribution < -0.4 is 10.5 Å². The minimum atomic E-state index is -0.260. The molecule has 1 aromatic heterocycles. The molecular formula is C14H19N3O3. The molecule has 0 saturated carbocycles. The first kappa shape index (κ1) is 14.5. The van der Waals surface area contributed by atoms with Crippen molar-refractivity contribution in [1.82, 2.24) is 10.1 Å². The van der Waals surface area contributed by atoms with Crippen molar-refractivity contribution < 1.29 is 14.0 Å². The Bertz CT molecular complexity index is 525. The third-order valence-corrected chi connectivity index (χ3v) is 2.97. The maximum Gasteiger partial charge on any atom is 0.243 e. The Hall–Kier alpha value is -1.92. The zero-order valence-corrected chi connectivity index (χ0v) is 11.7. The molecule has 0 radical (unpaired) electrons. The molecule has 0 fully saturated rings. The largest absolute Gasteiger partial charge is 0.497 e. The van der Waals surface area contributed by atoms with Crippen LogP contribution in [-0.4, -0.2) is 31.0 Å². The van der Waals surface area contributed by atoms with E-state index in [0.717, 1.165) is 24.2 Å². The summed E-state index contributed by atoms with van der Waals surface area (Å²) in [6.07, 6.45) is 1.61. The van der Waals surface area contributed by atoms with E-state index in [2.05, 4.69) is 10.1 Å². The monoisotopic (exact) mass is 277 g/mol. The van der Waals surface area contributed by atoms with Crippen LogP contribution in [0.5, 0.6) is 5.75 Å². The normalized spacial score (nSPS) is 12.3. The molecule has 0 spiro atoms. The van der Waals surface area contributed by atoms with E-state index in [9.17, 15) is 0 Å². The van der Waals surface area contributed by atoms with Crippen LogP contribution in [0.4, 0.5) is 0 Å². The minimum Gasteiger partial charge on any atom is -0.497 e. The van der Waals surface area contributed by atoms with Crippen LogP contribution in [0.2, 0.25) is 0 Å².